The van der Waals surface area contributed by atoms with E-state index in [1.165, 1.54) is 11.0 Å². The molecule has 7 heteroatoms. The van der Waals surface area contributed by atoms with Gasteiger partial charge in [0, 0.05) is 16.9 Å². The molecule has 0 spiro atoms. The molecule has 1 heterocycles. The summed E-state index contributed by atoms with van der Waals surface area (Å²) in [5, 5.41) is 10.3. The third-order valence-electron chi connectivity index (χ3n) is 3.79. The fourth-order valence-corrected chi connectivity index (χ4v) is 4.03. The molecule has 26 heavy (non-hydrogen) atoms. The zero-order valence-electron chi connectivity index (χ0n) is 13.6. The van der Waals surface area contributed by atoms with Gasteiger partial charge in [-0.15, -0.1) is 11.3 Å². The molecule has 2 aromatic carbocycles. The van der Waals surface area contributed by atoms with E-state index in [1.54, 1.807) is 25.2 Å². The van der Waals surface area contributed by atoms with Crippen molar-refractivity contribution in [3.63, 3.8) is 0 Å². The molecule has 132 valence electrons. The van der Waals surface area contributed by atoms with E-state index < -0.39 is 11.9 Å². The molecule has 1 aromatic heterocycles. The van der Waals surface area contributed by atoms with Gasteiger partial charge < -0.3 is 10.0 Å². The van der Waals surface area contributed by atoms with E-state index in [9.17, 15) is 14.7 Å². The van der Waals surface area contributed by atoms with E-state index in [0.717, 1.165) is 16.9 Å². The molecule has 0 unspecified atom stereocenters. The number of amides is 1. The number of benzene rings is 2. The molecule has 0 atom stereocenters. The van der Waals surface area contributed by atoms with Crippen molar-refractivity contribution < 1.29 is 14.7 Å². The zero-order chi connectivity index (χ0) is 18.8. The second kappa shape index (κ2) is 7.50. The largest absolute Gasteiger partial charge is 0.477 e. The summed E-state index contributed by atoms with van der Waals surface area (Å²) in [6.45, 7) is 0. The van der Waals surface area contributed by atoms with Crippen molar-refractivity contribution >= 4 is 52.1 Å². The van der Waals surface area contributed by atoms with Gasteiger partial charge in [-0.05, 0) is 29.8 Å². The minimum atomic E-state index is -1.14. The van der Waals surface area contributed by atoms with Crippen LogP contribution in [0, 0.1) is 0 Å². The number of carbonyl (C=O) groups is 2. The lowest BCUT2D eigenvalue weighted by Crippen LogP contribution is -2.27. The number of anilines is 1. The molecule has 4 nitrogen and oxygen atoms in total. The summed E-state index contributed by atoms with van der Waals surface area (Å²) >= 11 is 13.1. The average molecular weight is 406 g/mol. The standard InChI is InChI=1S/C19H13Cl2NO3S/c1-22(15-8-7-12(20)9-14(15)21)18(23)13-10-16(26-17(13)19(24)25)11-5-3-2-4-6-11/h2-10H,1H3,(H,24,25). The lowest BCUT2D eigenvalue weighted by Gasteiger charge is -2.18. The van der Waals surface area contributed by atoms with Crippen molar-refractivity contribution in [2.75, 3.05) is 11.9 Å². The lowest BCUT2D eigenvalue weighted by atomic mass is 10.1. The summed E-state index contributed by atoms with van der Waals surface area (Å²) in [6.07, 6.45) is 0. The molecular formula is C19H13Cl2NO3S. The first-order valence-electron chi connectivity index (χ1n) is 7.54. The van der Waals surface area contributed by atoms with Crippen LogP contribution >= 0.6 is 34.5 Å². The molecule has 1 N–H and O–H groups in total. The van der Waals surface area contributed by atoms with Crippen LogP contribution in [0.25, 0.3) is 10.4 Å². The van der Waals surface area contributed by atoms with Crippen molar-refractivity contribution in [3.05, 3.63) is 75.1 Å². The van der Waals surface area contributed by atoms with Crippen LogP contribution in [0.15, 0.2) is 54.6 Å². The topological polar surface area (TPSA) is 57.6 Å². The number of nitrogens with zero attached hydrogens (tertiary/aromatic N) is 1. The molecule has 0 aliphatic carbocycles. The molecule has 3 rings (SSSR count). The van der Waals surface area contributed by atoms with Gasteiger partial charge in [0.1, 0.15) is 4.88 Å². The lowest BCUT2D eigenvalue weighted by molar-refractivity contribution is 0.0697. The first kappa shape index (κ1) is 18.5. The first-order chi connectivity index (χ1) is 12.4. The van der Waals surface area contributed by atoms with Crippen LogP contribution in [-0.4, -0.2) is 24.0 Å². The average Bonchev–Trinajstić information content (AvgIpc) is 3.07. The van der Waals surface area contributed by atoms with Crippen LogP contribution in [0.3, 0.4) is 0 Å². The van der Waals surface area contributed by atoms with Crippen LogP contribution in [0.2, 0.25) is 10.0 Å². The number of aromatic carboxylic acids is 1. The molecule has 0 radical (unpaired) electrons. The van der Waals surface area contributed by atoms with Crippen molar-refractivity contribution in [2.24, 2.45) is 0 Å². The molecule has 0 saturated carbocycles. The fraction of sp³-hybridized carbons (Fsp3) is 0.0526. The van der Waals surface area contributed by atoms with Crippen molar-refractivity contribution in [3.8, 4) is 10.4 Å². The maximum atomic E-state index is 12.9. The number of carboxylic acids is 1. The Kier molecular flexibility index (Phi) is 5.32. The number of thiophene rings is 1. The molecule has 0 aliphatic rings. The minimum Gasteiger partial charge on any atom is -0.477 e. The van der Waals surface area contributed by atoms with Gasteiger partial charge in [-0.3, -0.25) is 4.79 Å². The summed E-state index contributed by atoms with van der Waals surface area (Å²) in [5.74, 6) is -1.60. The Hall–Kier alpha value is -2.34. The molecule has 0 fully saturated rings. The van der Waals surface area contributed by atoms with Gasteiger partial charge in [-0.2, -0.15) is 0 Å². The van der Waals surface area contributed by atoms with Crippen LogP contribution in [0.4, 0.5) is 5.69 Å². The van der Waals surface area contributed by atoms with Gasteiger partial charge in [0.15, 0.2) is 0 Å². The molecule has 1 amide bonds. The predicted octanol–water partition coefficient (Wildman–Crippen LogP) is 5.70. The van der Waals surface area contributed by atoms with Crippen molar-refractivity contribution in [2.45, 2.75) is 0 Å². The molecule has 0 bridgehead atoms. The number of carboxylic acid groups (broad SMARTS) is 1. The normalized spacial score (nSPS) is 10.6. The minimum absolute atomic E-state index is 0.00853. The summed E-state index contributed by atoms with van der Waals surface area (Å²) in [4.78, 5) is 26.6. The highest BCUT2D eigenvalue weighted by molar-refractivity contribution is 7.17. The highest BCUT2D eigenvalue weighted by Gasteiger charge is 2.25. The second-order valence-corrected chi connectivity index (χ2v) is 7.38. The number of hydrogen-bond donors (Lipinski definition) is 1. The van der Waals surface area contributed by atoms with Gasteiger partial charge >= 0.3 is 5.97 Å². The maximum Gasteiger partial charge on any atom is 0.346 e. The van der Waals surface area contributed by atoms with E-state index in [-0.39, 0.29) is 10.4 Å². The number of rotatable bonds is 4. The summed E-state index contributed by atoms with van der Waals surface area (Å²) < 4.78 is 0. The van der Waals surface area contributed by atoms with E-state index >= 15 is 0 Å². The number of halogens is 2. The van der Waals surface area contributed by atoms with Gasteiger partial charge in [-0.25, -0.2) is 4.79 Å². The Balaban J connectivity index is 2.03. The molecule has 0 aliphatic heterocycles. The number of carbonyl (C=O) groups excluding carboxylic acids is 1. The Morgan fingerprint density at radius 2 is 1.73 bits per heavy atom. The summed E-state index contributed by atoms with van der Waals surface area (Å²) in [5.41, 5.74) is 1.42. The molecule has 3 aromatic rings. The van der Waals surface area contributed by atoms with E-state index in [1.807, 2.05) is 30.3 Å². The van der Waals surface area contributed by atoms with Crippen molar-refractivity contribution in [1.82, 2.24) is 0 Å². The molecular weight excluding hydrogens is 393 g/mol. The Morgan fingerprint density at radius 1 is 1.04 bits per heavy atom. The van der Waals surface area contributed by atoms with Crippen LogP contribution in [0.1, 0.15) is 20.0 Å². The van der Waals surface area contributed by atoms with E-state index in [2.05, 4.69) is 0 Å². The smallest absolute Gasteiger partial charge is 0.346 e. The zero-order valence-corrected chi connectivity index (χ0v) is 15.9. The monoisotopic (exact) mass is 405 g/mol. The Labute approximate surface area is 164 Å². The van der Waals surface area contributed by atoms with Crippen LogP contribution < -0.4 is 4.90 Å². The third-order valence-corrected chi connectivity index (χ3v) is 5.50. The van der Waals surface area contributed by atoms with Gasteiger partial charge in [0.25, 0.3) is 5.91 Å². The van der Waals surface area contributed by atoms with Crippen molar-refractivity contribution in [1.29, 1.82) is 0 Å². The fourth-order valence-electron chi connectivity index (χ4n) is 2.50. The Morgan fingerprint density at radius 3 is 2.35 bits per heavy atom. The first-order valence-corrected chi connectivity index (χ1v) is 9.11. The highest BCUT2D eigenvalue weighted by atomic mass is 35.5. The van der Waals surface area contributed by atoms with Gasteiger partial charge in [-0.1, -0.05) is 53.5 Å². The summed E-state index contributed by atoms with van der Waals surface area (Å²) in [6, 6.07) is 15.7. The number of hydrogen-bond acceptors (Lipinski definition) is 3. The maximum absolute atomic E-state index is 12.9. The van der Waals surface area contributed by atoms with Crippen LogP contribution in [-0.2, 0) is 0 Å². The highest BCUT2D eigenvalue weighted by Crippen LogP contribution is 2.34. The van der Waals surface area contributed by atoms with Gasteiger partial charge in [0.2, 0.25) is 0 Å². The summed E-state index contributed by atoms with van der Waals surface area (Å²) in [7, 11) is 1.54. The predicted molar refractivity (Wildman–Crippen MR) is 106 cm³/mol. The quantitative estimate of drug-likeness (QED) is 0.605. The Bertz CT molecular complexity index is 986. The third kappa shape index (κ3) is 3.60. The van der Waals surface area contributed by atoms with Gasteiger partial charge in [0.05, 0.1) is 16.3 Å². The van der Waals surface area contributed by atoms with E-state index in [4.69, 9.17) is 23.2 Å². The van der Waals surface area contributed by atoms with E-state index in [0.29, 0.717) is 20.6 Å². The van der Waals surface area contributed by atoms with Crippen LogP contribution in [0.5, 0.6) is 0 Å². The second-order valence-electron chi connectivity index (χ2n) is 5.48. The SMILES string of the molecule is CN(C(=O)c1cc(-c2ccccc2)sc1C(=O)O)c1ccc(Cl)cc1Cl. The molecule has 0 saturated heterocycles.